The summed E-state index contributed by atoms with van der Waals surface area (Å²) in [6, 6.07) is 12.4. The first-order valence-corrected chi connectivity index (χ1v) is 11.8. The summed E-state index contributed by atoms with van der Waals surface area (Å²) < 4.78 is 11.7. The minimum Gasteiger partial charge on any atom is -0.493 e. The first kappa shape index (κ1) is 22.4. The van der Waals surface area contributed by atoms with Crippen molar-refractivity contribution in [3.8, 4) is 5.75 Å². The second-order valence-electron chi connectivity index (χ2n) is 8.56. The molecular formula is C25H35N5O2. The van der Waals surface area contributed by atoms with Crippen LogP contribution in [0, 0.1) is 5.92 Å². The normalized spacial score (nSPS) is 19.0. The molecule has 1 saturated heterocycles. The van der Waals surface area contributed by atoms with Crippen LogP contribution in [0.4, 0.5) is 5.82 Å². The molecule has 2 N–H and O–H groups in total. The van der Waals surface area contributed by atoms with Crippen molar-refractivity contribution in [2.75, 3.05) is 37.7 Å². The van der Waals surface area contributed by atoms with Crippen LogP contribution in [0.25, 0.3) is 0 Å². The lowest BCUT2D eigenvalue weighted by molar-refractivity contribution is 0.0529. The molecule has 1 saturated carbocycles. The summed E-state index contributed by atoms with van der Waals surface area (Å²) >= 11 is 0. The van der Waals surface area contributed by atoms with Gasteiger partial charge in [-0.2, -0.15) is 0 Å². The van der Waals surface area contributed by atoms with Gasteiger partial charge in [0.1, 0.15) is 11.6 Å². The molecule has 32 heavy (non-hydrogen) atoms. The molecule has 0 radical (unpaired) electrons. The Labute approximate surface area is 191 Å². The molecule has 2 aromatic rings. The van der Waals surface area contributed by atoms with E-state index >= 15 is 0 Å². The van der Waals surface area contributed by atoms with Gasteiger partial charge < -0.3 is 25.0 Å². The van der Waals surface area contributed by atoms with Crippen molar-refractivity contribution < 1.29 is 9.47 Å². The smallest absolute Gasteiger partial charge is 0.191 e. The molecule has 2 heterocycles. The van der Waals surface area contributed by atoms with E-state index < -0.39 is 0 Å². The Morgan fingerprint density at radius 3 is 2.94 bits per heavy atom. The number of benzene rings is 1. The van der Waals surface area contributed by atoms with Gasteiger partial charge in [-0.15, -0.1) is 0 Å². The van der Waals surface area contributed by atoms with Gasteiger partial charge in [-0.25, -0.2) is 9.98 Å². The maximum atomic E-state index is 6.04. The molecule has 172 valence electrons. The van der Waals surface area contributed by atoms with Gasteiger partial charge in [0.15, 0.2) is 5.96 Å². The highest BCUT2D eigenvalue weighted by atomic mass is 16.5. The van der Waals surface area contributed by atoms with E-state index in [4.69, 9.17) is 14.5 Å². The van der Waals surface area contributed by atoms with E-state index in [0.29, 0.717) is 13.1 Å². The Kier molecular flexibility index (Phi) is 7.82. The number of para-hydroxylation sites is 1. The summed E-state index contributed by atoms with van der Waals surface area (Å²) in [5.41, 5.74) is 2.28. The van der Waals surface area contributed by atoms with Crippen LogP contribution in [0.2, 0.25) is 0 Å². The molecule has 1 unspecified atom stereocenters. The molecule has 1 aliphatic carbocycles. The highest BCUT2D eigenvalue weighted by molar-refractivity contribution is 5.79. The maximum Gasteiger partial charge on any atom is 0.191 e. The third-order valence-electron chi connectivity index (χ3n) is 5.73. The Balaban J connectivity index is 1.37. The van der Waals surface area contributed by atoms with Crippen molar-refractivity contribution in [1.82, 2.24) is 15.6 Å². The highest BCUT2D eigenvalue weighted by Crippen LogP contribution is 2.30. The van der Waals surface area contributed by atoms with Gasteiger partial charge in [0.2, 0.25) is 0 Å². The number of guanidine groups is 1. The quantitative estimate of drug-likeness (QED) is 0.463. The zero-order valence-corrected chi connectivity index (χ0v) is 19.2. The summed E-state index contributed by atoms with van der Waals surface area (Å²) in [4.78, 5) is 11.6. The van der Waals surface area contributed by atoms with Crippen molar-refractivity contribution in [3.05, 3.63) is 53.7 Å². The summed E-state index contributed by atoms with van der Waals surface area (Å²) in [6.45, 7) is 9.53. The molecule has 0 bridgehead atoms. The van der Waals surface area contributed by atoms with E-state index in [-0.39, 0.29) is 6.10 Å². The molecule has 1 aliphatic heterocycles. The number of aliphatic imine (C=N–C) groups is 1. The molecular weight excluding hydrogens is 402 g/mol. The molecule has 1 atom stereocenters. The van der Waals surface area contributed by atoms with E-state index in [2.05, 4.69) is 58.6 Å². The standard InChI is InChI=1S/C25H35N5O2/c1-3-26-25(29-16-22-6-4-5-7-23(22)32-18-20-8-9-20)28-15-21-10-11-27-24(14-21)30-12-13-31-19(2)17-30/h4-7,10-11,14,19-20H,3,8-9,12-13,15-18H2,1-2H3,(H2,26,28,29). The molecule has 1 aromatic carbocycles. The second-order valence-corrected chi connectivity index (χ2v) is 8.56. The van der Waals surface area contributed by atoms with Crippen LogP contribution in [-0.2, 0) is 17.8 Å². The average molecular weight is 438 g/mol. The van der Waals surface area contributed by atoms with E-state index in [1.165, 1.54) is 12.8 Å². The number of nitrogens with one attached hydrogen (secondary N) is 2. The summed E-state index contributed by atoms with van der Waals surface area (Å²) in [6.07, 6.45) is 4.68. The Bertz CT molecular complexity index is 899. The van der Waals surface area contributed by atoms with Gasteiger partial charge in [0.25, 0.3) is 0 Å². The molecule has 4 rings (SSSR count). The van der Waals surface area contributed by atoms with Crippen LogP contribution in [-0.4, -0.2) is 49.9 Å². The largest absolute Gasteiger partial charge is 0.493 e. The lowest BCUT2D eigenvalue weighted by atomic mass is 10.2. The van der Waals surface area contributed by atoms with Crippen LogP contribution in [0.5, 0.6) is 5.75 Å². The van der Waals surface area contributed by atoms with E-state index in [1.807, 2.05) is 18.3 Å². The summed E-state index contributed by atoms with van der Waals surface area (Å²) in [5.74, 6) is 3.48. The van der Waals surface area contributed by atoms with Crippen LogP contribution < -0.4 is 20.3 Å². The fourth-order valence-electron chi connectivity index (χ4n) is 3.73. The third kappa shape index (κ3) is 6.60. The minimum atomic E-state index is 0.230. The fourth-order valence-corrected chi connectivity index (χ4v) is 3.73. The zero-order valence-electron chi connectivity index (χ0n) is 19.2. The lowest BCUT2D eigenvalue weighted by Crippen LogP contribution is -2.41. The zero-order chi connectivity index (χ0) is 22.2. The van der Waals surface area contributed by atoms with Crippen LogP contribution in [0.15, 0.2) is 47.6 Å². The van der Waals surface area contributed by atoms with Gasteiger partial charge in [-0.05, 0) is 56.4 Å². The third-order valence-corrected chi connectivity index (χ3v) is 5.73. The Hall–Kier alpha value is -2.80. The first-order valence-electron chi connectivity index (χ1n) is 11.8. The second kappa shape index (κ2) is 11.2. The molecule has 0 amide bonds. The van der Waals surface area contributed by atoms with E-state index in [9.17, 15) is 0 Å². The van der Waals surface area contributed by atoms with Crippen molar-refractivity contribution in [1.29, 1.82) is 0 Å². The predicted molar refractivity (Wildman–Crippen MR) is 128 cm³/mol. The molecule has 2 fully saturated rings. The molecule has 1 aromatic heterocycles. The average Bonchev–Trinajstić information content (AvgIpc) is 3.65. The number of nitrogens with zero attached hydrogens (tertiary/aromatic N) is 3. The minimum absolute atomic E-state index is 0.230. The lowest BCUT2D eigenvalue weighted by Gasteiger charge is -2.32. The van der Waals surface area contributed by atoms with Crippen molar-refractivity contribution in [2.24, 2.45) is 10.9 Å². The van der Waals surface area contributed by atoms with E-state index in [0.717, 1.165) is 67.4 Å². The topological polar surface area (TPSA) is 71.0 Å². The Morgan fingerprint density at radius 2 is 2.12 bits per heavy atom. The number of hydrogen-bond acceptors (Lipinski definition) is 5. The van der Waals surface area contributed by atoms with Crippen molar-refractivity contribution >= 4 is 11.8 Å². The van der Waals surface area contributed by atoms with Crippen molar-refractivity contribution in [3.63, 3.8) is 0 Å². The predicted octanol–water partition coefficient (Wildman–Crippen LogP) is 3.35. The van der Waals surface area contributed by atoms with Crippen LogP contribution in [0.3, 0.4) is 0 Å². The fraction of sp³-hybridized carbons (Fsp3) is 0.520. The van der Waals surface area contributed by atoms with Gasteiger partial charge in [-0.3, -0.25) is 0 Å². The number of hydrogen-bond donors (Lipinski definition) is 2. The van der Waals surface area contributed by atoms with Gasteiger partial charge in [0.05, 0.1) is 25.9 Å². The molecule has 7 nitrogen and oxygen atoms in total. The summed E-state index contributed by atoms with van der Waals surface area (Å²) in [5, 5.41) is 6.79. The maximum absolute atomic E-state index is 6.04. The molecule has 2 aliphatic rings. The summed E-state index contributed by atoms with van der Waals surface area (Å²) in [7, 11) is 0. The SMILES string of the molecule is CCNC(=NCc1ccnc(N2CCOC(C)C2)c1)NCc1ccccc1OCC1CC1. The Morgan fingerprint density at radius 1 is 1.25 bits per heavy atom. The number of morpholine rings is 1. The number of ether oxygens (including phenoxy) is 2. The number of rotatable bonds is 9. The highest BCUT2D eigenvalue weighted by Gasteiger charge is 2.22. The molecule has 7 heteroatoms. The van der Waals surface area contributed by atoms with Gasteiger partial charge >= 0.3 is 0 Å². The number of pyridine rings is 1. The van der Waals surface area contributed by atoms with Crippen LogP contribution in [0.1, 0.15) is 37.8 Å². The molecule has 0 spiro atoms. The van der Waals surface area contributed by atoms with E-state index in [1.54, 1.807) is 0 Å². The monoisotopic (exact) mass is 437 g/mol. The number of aromatic nitrogens is 1. The number of anilines is 1. The van der Waals surface area contributed by atoms with Crippen LogP contribution >= 0.6 is 0 Å². The van der Waals surface area contributed by atoms with Gasteiger partial charge in [0, 0.05) is 37.9 Å². The van der Waals surface area contributed by atoms with Gasteiger partial charge in [-0.1, -0.05) is 18.2 Å². The van der Waals surface area contributed by atoms with Crippen molar-refractivity contribution in [2.45, 2.75) is 45.9 Å². The first-order chi connectivity index (χ1) is 15.7.